The average molecular weight is 385 g/mol. The van der Waals surface area contributed by atoms with Gasteiger partial charge in [-0.2, -0.15) is 0 Å². The smallest absolute Gasteiger partial charge is 0.227 e. The summed E-state index contributed by atoms with van der Waals surface area (Å²) in [5, 5.41) is 4.59. The third-order valence-electron chi connectivity index (χ3n) is 5.19. The van der Waals surface area contributed by atoms with Crippen molar-refractivity contribution in [2.75, 3.05) is 19.5 Å². The summed E-state index contributed by atoms with van der Waals surface area (Å²) in [6.45, 7) is 0. The summed E-state index contributed by atoms with van der Waals surface area (Å²) < 4.78 is 10.5. The van der Waals surface area contributed by atoms with E-state index in [1.807, 2.05) is 18.2 Å². The number of nitrogens with one attached hydrogen (secondary N) is 2. The maximum atomic E-state index is 12.8. The van der Waals surface area contributed by atoms with Crippen molar-refractivity contribution in [2.24, 2.45) is 5.92 Å². The van der Waals surface area contributed by atoms with Crippen molar-refractivity contribution >= 4 is 34.1 Å². The predicted octanol–water partition coefficient (Wildman–Crippen LogP) is 4.58. The number of halogens is 1. The molecule has 140 valence electrons. The highest BCUT2D eigenvalue weighted by Gasteiger charge is 2.27. The highest BCUT2D eigenvalue weighted by molar-refractivity contribution is 6.32. The Morgan fingerprint density at radius 2 is 2.04 bits per heavy atom. The Bertz CT molecular complexity index is 1010. The van der Waals surface area contributed by atoms with Crippen molar-refractivity contribution in [3.05, 3.63) is 52.7 Å². The quantitative estimate of drug-likeness (QED) is 0.691. The van der Waals surface area contributed by atoms with Gasteiger partial charge in [0.1, 0.15) is 11.5 Å². The fourth-order valence-corrected chi connectivity index (χ4v) is 3.99. The molecule has 1 aliphatic carbocycles. The molecule has 5 nitrogen and oxygen atoms in total. The van der Waals surface area contributed by atoms with E-state index in [1.54, 1.807) is 32.4 Å². The van der Waals surface area contributed by atoms with Crippen molar-refractivity contribution in [3.63, 3.8) is 0 Å². The predicted molar refractivity (Wildman–Crippen MR) is 107 cm³/mol. The van der Waals surface area contributed by atoms with Crippen LogP contribution >= 0.6 is 11.6 Å². The standard InChI is InChI=1S/C21H21ClN2O3/c1-26-14-5-7-19-16(11-14)15-9-12(3-6-18(15)24-19)21(25)23-13-4-8-20(27-2)17(22)10-13/h4-5,7-8,10-12,24H,3,6,9H2,1-2H3,(H,23,25). The first-order valence-electron chi connectivity index (χ1n) is 8.91. The first-order valence-corrected chi connectivity index (χ1v) is 9.28. The number of benzene rings is 2. The second kappa shape index (κ2) is 7.16. The van der Waals surface area contributed by atoms with Crippen LogP contribution in [0.25, 0.3) is 10.9 Å². The van der Waals surface area contributed by atoms with Gasteiger partial charge in [-0.05, 0) is 61.2 Å². The van der Waals surface area contributed by atoms with Gasteiger partial charge in [0.2, 0.25) is 5.91 Å². The molecule has 1 heterocycles. The Labute approximate surface area is 162 Å². The molecule has 0 saturated carbocycles. The van der Waals surface area contributed by atoms with Crippen molar-refractivity contribution in [1.82, 2.24) is 4.98 Å². The Balaban J connectivity index is 1.55. The first-order chi connectivity index (χ1) is 13.1. The molecular formula is C21H21ClN2O3. The molecule has 0 fully saturated rings. The Kier molecular flexibility index (Phi) is 4.70. The molecule has 2 aromatic carbocycles. The van der Waals surface area contributed by atoms with E-state index in [1.165, 1.54) is 11.3 Å². The van der Waals surface area contributed by atoms with Crippen LogP contribution in [-0.4, -0.2) is 25.1 Å². The summed E-state index contributed by atoms with van der Waals surface area (Å²) in [5.74, 6) is 1.34. The molecule has 1 unspecified atom stereocenters. The molecule has 27 heavy (non-hydrogen) atoms. The number of ether oxygens (including phenoxy) is 2. The minimum Gasteiger partial charge on any atom is -0.497 e. The lowest BCUT2D eigenvalue weighted by Crippen LogP contribution is -2.28. The minimum absolute atomic E-state index is 0.0131. The zero-order valence-corrected chi connectivity index (χ0v) is 16.0. The third kappa shape index (κ3) is 3.35. The summed E-state index contributed by atoms with van der Waals surface area (Å²) in [7, 11) is 3.23. The van der Waals surface area contributed by atoms with Gasteiger partial charge in [-0.3, -0.25) is 4.79 Å². The number of aromatic nitrogens is 1. The lowest BCUT2D eigenvalue weighted by molar-refractivity contribution is -0.120. The number of rotatable bonds is 4. The van der Waals surface area contributed by atoms with E-state index in [0.717, 1.165) is 29.5 Å². The molecule has 1 amide bonds. The van der Waals surface area contributed by atoms with Gasteiger partial charge in [0, 0.05) is 28.2 Å². The first kappa shape index (κ1) is 17.7. The number of aryl methyl sites for hydroxylation is 1. The van der Waals surface area contributed by atoms with Crippen LogP contribution in [0.4, 0.5) is 5.69 Å². The second-order valence-electron chi connectivity index (χ2n) is 6.77. The Hall–Kier alpha value is -2.66. The van der Waals surface area contributed by atoms with E-state index in [2.05, 4.69) is 10.3 Å². The molecule has 6 heteroatoms. The minimum atomic E-state index is -0.0800. The molecule has 0 aliphatic heterocycles. The number of amides is 1. The topological polar surface area (TPSA) is 63.4 Å². The van der Waals surface area contributed by atoms with Crippen LogP contribution in [0.15, 0.2) is 36.4 Å². The van der Waals surface area contributed by atoms with Gasteiger partial charge in [0.15, 0.2) is 0 Å². The number of anilines is 1. The maximum Gasteiger partial charge on any atom is 0.227 e. The monoisotopic (exact) mass is 384 g/mol. The van der Waals surface area contributed by atoms with E-state index >= 15 is 0 Å². The van der Waals surface area contributed by atoms with Crippen molar-refractivity contribution < 1.29 is 14.3 Å². The molecule has 1 aromatic heterocycles. The molecule has 1 atom stereocenters. The fourth-order valence-electron chi connectivity index (χ4n) is 3.74. The summed E-state index contributed by atoms with van der Waals surface area (Å²) >= 11 is 6.15. The molecule has 0 saturated heterocycles. The molecule has 2 N–H and O–H groups in total. The van der Waals surface area contributed by atoms with E-state index in [-0.39, 0.29) is 11.8 Å². The molecule has 0 bridgehead atoms. The van der Waals surface area contributed by atoms with Gasteiger partial charge in [-0.1, -0.05) is 11.6 Å². The van der Waals surface area contributed by atoms with Gasteiger partial charge >= 0.3 is 0 Å². The van der Waals surface area contributed by atoms with Crippen LogP contribution in [-0.2, 0) is 17.6 Å². The van der Waals surface area contributed by atoms with Gasteiger partial charge in [-0.15, -0.1) is 0 Å². The molecule has 3 aromatic rings. The Morgan fingerprint density at radius 3 is 2.78 bits per heavy atom. The lowest BCUT2D eigenvalue weighted by atomic mass is 9.85. The van der Waals surface area contributed by atoms with Crippen molar-refractivity contribution in [1.29, 1.82) is 0 Å². The SMILES string of the molecule is COc1ccc2[nH]c3c(c2c1)CC(C(=O)Nc1ccc(OC)c(Cl)c1)CC3. The van der Waals surface area contributed by atoms with Gasteiger partial charge in [-0.25, -0.2) is 0 Å². The largest absolute Gasteiger partial charge is 0.497 e. The fraction of sp³-hybridized carbons (Fsp3) is 0.286. The van der Waals surface area contributed by atoms with Crippen LogP contribution in [0.1, 0.15) is 17.7 Å². The molecule has 0 spiro atoms. The van der Waals surface area contributed by atoms with Gasteiger partial charge < -0.3 is 19.8 Å². The number of carbonyl (C=O) groups excluding carboxylic acids is 1. The van der Waals surface area contributed by atoms with Crippen molar-refractivity contribution in [2.45, 2.75) is 19.3 Å². The molecule has 0 radical (unpaired) electrons. The highest BCUT2D eigenvalue weighted by atomic mass is 35.5. The van der Waals surface area contributed by atoms with Crippen molar-refractivity contribution in [3.8, 4) is 11.5 Å². The summed E-state index contributed by atoms with van der Waals surface area (Å²) in [6, 6.07) is 11.3. The molecular weight excluding hydrogens is 364 g/mol. The van der Waals surface area contributed by atoms with E-state index in [0.29, 0.717) is 22.9 Å². The molecule has 4 rings (SSSR count). The van der Waals surface area contributed by atoms with E-state index < -0.39 is 0 Å². The van der Waals surface area contributed by atoms with E-state index in [4.69, 9.17) is 21.1 Å². The Morgan fingerprint density at radius 1 is 1.19 bits per heavy atom. The number of fused-ring (bicyclic) bond motifs is 3. The number of aromatic amines is 1. The summed E-state index contributed by atoms with van der Waals surface area (Å²) in [6.07, 6.45) is 2.37. The third-order valence-corrected chi connectivity index (χ3v) is 5.48. The van der Waals surface area contributed by atoms with Crippen LogP contribution < -0.4 is 14.8 Å². The highest BCUT2D eigenvalue weighted by Crippen LogP contribution is 2.34. The van der Waals surface area contributed by atoms with Crippen LogP contribution in [0.2, 0.25) is 5.02 Å². The van der Waals surface area contributed by atoms with Crippen LogP contribution in [0, 0.1) is 5.92 Å². The zero-order valence-electron chi connectivity index (χ0n) is 15.3. The van der Waals surface area contributed by atoms with Crippen LogP contribution in [0.3, 0.4) is 0 Å². The number of hydrogen-bond donors (Lipinski definition) is 2. The normalized spacial score (nSPS) is 16.0. The van der Waals surface area contributed by atoms with E-state index in [9.17, 15) is 4.79 Å². The van der Waals surface area contributed by atoms with Crippen LogP contribution in [0.5, 0.6) is 11.5 Å². The summed E-state index contributed by atoms with van der Waals surface area (Å²) in [4.78, 5) is 16.3. The lowest BCUT2D eigenvalue weighted by Gasteiger charge is -2.22. The average Bonchev–Trinajstić information content (AvgIpc) is 3.05. The number of methoxy groups -OCH3 is 2. The number of carbonyl (C=O) groups is 1. The zero-order chi connectivity index (χ0) is 19.0. The van der Waals surface area contributed by atoms with Gasteiger partial charge in [0.05, 0.1) is 19.2 Å². The maximum absolute atomic E-state index is 12.8. The summed E-state index contributed by atoms with van der Waals surface area (Å²) in [5.41, 5.74) is 4.19. The molecule has 1 aliphatic rings. The number of hydrogen-bond acceptors (Lipinski definition) is 3. The van der Waals surface area contributed by atoms with Gasteiger partial charge in [0.25, 0.3) is 0 Å². The second-order valence-corrected chi connectivity index (χ2v) is 7.18. The number of H-pyrrole nitrogens is 1.